The molecular formula is C12H20Cl2N4O. The van der Waals surface area contributed by atoms with E-state index in [1.54, 1.807) is 13.1 Å². The fraction of sp³-hybridized carbons (Fsp3) is 0.500. The number of carbonyl (C=O) groups is 1. The highest BCUT2D eigenvalue weighted by molar-refractivity contribution is 5.92. The van der Waals surface area contributed by atoms with Crippen molar-refractivity contribution < 1.29 is 4.79 Å². The van der Waals surface area contributed by atoms with Gasteiger partial charge >= 0.3 is 0 Å². The smallest absolute Gasteiger partial charge is 0.269 e. The van der Waals surface area contributed by atoms with Crippen LogP contribution in [0.3, 0.4) is 0 Å². The van der Waals surface area contributed by atoms with Gasteiger partial charge in [0.25, 0.3) is 5.91 Å². The third-order valence-electron chi connectivity index (χ3n) is 2.98. The van der Waals surface area contributed by atoms with E-state index in [2.05, 4.69) is 20.5 Å². The van der Waals surface area contributed by atoms with Crippen molar-refractivity contribution in [2.24, 2.45) is 0 Å². The van der Waals surface area contributed by atoms with E-state index >= 15 is 0 Å². The van der Waals surface area contributed by atoms with Crippen LogP contribution in [-0.2, 0) is 0 Å². The van der Waals surface area contributed by atoms with Gasteiger partial charge in [0.1, 0.15) is 5.69 Å². The minimum absolute atomic E-state index is 0. The lowest BCUT2D eigenvalue weighted by atomic mass is 10.2. The first-order chi connectivity index (χ1) is 8.22. The predicted octanol–water partition coefficient (Wildman–Crippen LogP) is 1.00. The van der Waals surface area contributed by atoms with E-state index in [9.17, 15) is 4.79 Å². The number of amides is 1. The van der Waals surface area contributed by atoms with E-state index in [0.717, 1.165) is 37.6 Å². The Balaban J connectivity index is 0.00000162. The van der Waals surface area contributed by atoms with Gasteiger partial charge in [-0.05, 0) is 19.1 Å². The van der Waals surface area contributed by atoms with Crippen LogP contribution < -0.4 is 15.5 Å². The zero-order valence-electron chi connectivity index (χ0n) is 11.1. The molecule has 1 aromatic rings. The Morgan fingerprint density at radius 3 is 2.47 bits per heavy atom. The highest BCUT2D eigenvalue weighted by Crippen LogP contribution is 2.18. The molecule has 2 rings (SSSR count). The summed E-state index contributed by atoms with van der Waals surface area (Å²) in [4.78, 5) is 18.1. The molecule has 1 amide bonds. The molecule has 5 nitrogen and oxygen atoms in total. The second kappa shape index (κ2) is 8.19. The fourth-order valence-electron chi connectivity index (χ4n) is 2.05. The quantitative estimate of drug-likeness (QED) is 0.856. The molecule has 1 aromatic heterocycles. The summed E-state index contributed by atoms with van der Waals surface area (Å²) in [5.41, 5.74) is 2.51. The molecular weight excluding hydrogens is 287 g/mol. The van der Waals surface area contributed by atoms with Crippen LogP contribution >= 0.6 is 24.8 Å². The molecule has 2 N–H and O–H groups in total. The number of aromatic nitrogens is 1. The Bertz CT molecular complexity index is 422. The number of rotatable bonds is 2. The summed E-state index contributed by atoms with van der Waals surface area (Å²) in [5.74, 6) is -0.139. The van der Waals surface area contributed by atoms with Gasteiger partial charge in [0, 0.05) is 33.2 Å². The summed E-state index contributed by atoms with van der Waals surface area (Å²) in [6.07, 6.45) is 0. The summed E-state index contributed by atoms with van der Waals surface area (Å²) in [5, 5.41) is 5.90. The Morgan fingerprint density at radius 1 is 1.32 bits per heavy atom. The molecule has 1 fully saturated rings. The lowest BCUT2D eigenvalue weighted by Crippen LogP contribution is -2.43. The minimum atomic E-state index is -0.139. The van der Waals surface area contributed by atoms with Crippen molar-refractivity contribution in [1.29, 1.82) is 0 Å². The van der Waals surface area contributed by atoms with Crippen LogP contribution in [0.25, 0.3) is 0 Å². The molecule has 19 heavy (non-hydrogen) atoms. The lowest BCUT2D eigenvalue weighted by molar-refractivity contribution is 0.0958. The molecule has 7 heteroatoms. The number of halogens is 2. The van der Waals surface area contributed by atoms with Gasteiger partial charge < -0.3 is 15.5 Å². The van der Waals surface area contributed by atoms with Crippen LogP contribution in [0, 0.1) is 6.92 Å². The van der Waals surface area contributed by atoms with Crippen LogP contribution in [-0.4, -0.2) is 44.1 Å². The Kier molecular flexibility index (Phi) is 7.75. The van der Waals surface area contributed by atoms with Crippen molar-refractivity contribution >= 4 is 36.4 Å². The van der Waals surface area contributed by atoms with Gasteiger partial charge in [0.05, 0.1) is 11.4 Å². The van der Waals surface area contributed by atoms with Gasteiger partial charge in [0.15, 0.2) is 0 Å². The molecule has 0 aromatic carbocycles. The molecule has 0 aliphatic carbocycles. The number of carbonyl (C=O) groups excluding carboxylic acids is 1. The molecule has 1 aliphatic rings. The van der Waals surface area contributed by atoms with Crippen LogP contribution in [0.2, 0.25) is 0 Å². The number of anilines is 1. The molecule has 0 radical (unpaired) electrons. The van der Waals surface area contributed by atoms with Gasteiger partial charge in [-0.25, -0.2) is 4.98 Å². The van der Waals surface area contributed by atoms with Crippen molar-refractivity contribution in [1.82, 2.24) is 15.6 Å². The van der Waals surface area contributed by atoms with E-state index in [1.807, 2.05) is 13.0 Å². The Hall–Kier alpha value is -1.04. The second-order valence-corrected chi connectivity index (χ2v) is 4.12. The van der Waals surface area contributed by atoms with E-state index in [1.165, 1.54) is 0 Å². The molecule has 0 spiro atoms. The SMILES string of the molecule is CNC(=O)c1ccc(N2CCNCC2)c(C)n1.Cl.Cl. The average molecular weight is 307 g/mol. The molecule has 2 heterocycles. The lowest BCUT2D eigenvalue weighted by Gasteiger charge is -2.30. The summed E-state index contributed by atoms with van der Waals surface area (Å²) in [6.45, 7) is 5.92. The van der Waals surface area contributed by atoms with E-state index < -0.39 is 0 Å². The summed E-state index contributed by atoms with van der Waals surface area (Å²) in [7, 11) is 1.61. The molecule has 0 unspecified atom stereocenters. The van der Waals surface area contributed by atoms with Crippen molar-refractivity contribution in [2.45, 2.75) is 6.92 Å². The maximum Gasteiger partial charge on any atom is 0.269 e. The van der Waals surface area contributed by atoms with Gasteiger partial charge in [0.2, 0.25) is 0 Å². The maximum atomic E-state index is 11.5. The maximum absolute atomic E-state index is 11.5. The van der Waals surface area contributed by atoms with Crippen molar-refractivity contribution in [3.8, 4) is 0 Å². The van der Waals surface area contributed by atoms with Crippen LogP contribution in [0.4, 0.5) is 5.69 Å². The molecule has 0 bridgehead atoms. The second-order valence-electron chi connectivity index (χ2n) is 4.12. The molecule has 1 saturated heterocycles. The normalized spacial score (nSPS) is 14.1. The first-order valence-corrected chi connectivity index (χ1v) is 5.88. The number of nitrogens with zero attached hydrogens (tertiary/aromatic N) is 2. The predicted molar refractivity (Wildman–Crippen MR) is 81.9 cm³/mol. The minimum Gasteiger partial charge on any atom is -0.368 e. The number of hydrogen-bond acceptors (Lipinski definition) is 4. The zero-order chi connectivity index (χ0) is 12.3. The monoisotopic (exact) mass is 306 g/mol. The van der Waals surface area contributed by atoms with Gasteiger partial charge in [-0.1, -0.05) is 0 Å². The first kappa shape index (κ1) is 18.0. The van der Waals surface area contributed by atoms with Crippen LogP contribution in [0.15, 0.2) is 12.1 Å². The van der Waals surface area contributed by atoms with E-state index in [-0.39, 0.29) is 30.7 Å². The number of pyridine rings is 1. The average Bonchev–Trinajstić information content (AvgIpc) is 2.38. The number of aryl methyl sites for hydroxylation is 1. The van der Waals surface area contributed by atoms with Gasteiger partial charge in [-0.15, -0.1) is 24.8 Å². The standard InChI is InChI=1S/C12H18N4O.2ClH/c1-9-11(16-7-5-14-6-8-16)4-3-10(15-9)12(17)13-2;;/h3-4,14H,5-8H2,1-2H3,(H,13,17);2*1H. The van der Waals surface area contributed by atoms with Crippen molar-refractivity contribution in [3.05, 3.63) is 23.5 Å². The summed E-state index contributed by atoms with van der Waals surface area (Å²) in [6, 6.07) is 3.77. The Morgan fingerprint density at radius 2 is 1.95 bits per heavy atom. The molecule has 0 saturated carbocycles. The largest absolute Gasteiger partial charge is 0.368 e. The van der Waals surface area contributed by atoms with Gasteiger partial charge in [-0.3, -0.25) is 4.79 Å². The van der Waals surface area contributed by atoms with Crippen molar-refractivity contribution in [2.75, 3.05) is 38.1 Å². The van der Waals surface area contributed by atoms with E-state index in [0.29, 0.717) is 5.69 Å². The first-order valence-electron chi connectivity index (χ1n) is 5.88. The zero-order valence-corrected chi connectivity index (χ0v) is 12.7. The third kappa shape index (κ3) is 4.23. The van der Waals surface area contributed by atoms with Crippen LogP contribution in [0.1, 0.15) is 16.2 Å². The highest BCUT2D eigenvalue weighted by atomic mass is 35.5. The molecule has 0 atom stereocenters. The number of hydrogen-bond donors (Lipinski definition) is 2. The Labute approximate surface area is 126 Å². The number of piperazine rings is 1. The summed E-state index contributed by atoms with van der Waals surface area (Å²) < 4.78 is 0. The molecule has 108 valence electrons. The van der Waals surface area contributed by atoms with Crippen molar-refractivity contribution in [3.63, 3.8) is 0 Å². The number of nitrogens with one attached hydrogen (secondary N) is 2. The van der Waals surface area contributed by atoms with E-state index in [4.69, 9.17) is 0 Å². The summed E-state index contributed by atoms with van der Waals surface area (Å²) >= 11 is 0. The van der Waals surface area contributed by atoms with Crippen LogP contribution in [0.5, 0.6) is 0 Å². The fourth-order valence-corrected chi connectivity index (χ4v) is 2.05. The molecule has 1 aliphatic heterocycles. The highest BCUT2D eigenvalue weighted by Gasteiger charge is 2.14. The topological polar surface area (TPSA) is 57.3 Å². The van der Waals surface area contributed by atoms with Gasteiger partial charge in [-0.2, -0.15) is 0 Å². The third-order valence-corrected chi connectivity index (χ3v) is 2.98.